The molecule has 0 radical (unpaired) electrons. The smallest absolute Gasteiger partial charge is 0.0903 e. The van der Waals surface area contributed by atoms with E-state index in [0.717, 1.165) is 10.7 Å². The van der Waals surface area contributed by atoms with Crippen LogP contribution in [0.15, 0.2) is 72.8 Å². The van der Waals surface area contributed by atoms with Gasteiger partial charge in [-0.2, -0.15) is 0 Å². The van der Waals surface area contributed by atoms with E-state index in [0.29, 0.717) is 0 Å². The number of nitrogens with zero attached hydrogens (tertiary/aromatic N) is 1. The lowest BCUT2D eigenvalue weighted by atomic mass is 9.91. The molecular formula is C24H21NS. The van der Waals surface area contributed by atoms with Gasteiger partial charge in [-0.1, -0.05) is 72.8 Å². The van der Waals surface area contributed by atoms with Crippen molar-refractivity contribution in [1.29, 1.82) is 0 Å². The lowest BCUT2D eigenvalue weighted by Gasteiger charge is -2.14. The van der Waals surface area contributed by atoms with Crippen molar-refractivity contribution in [2.45, 2.75) is 20.8 Å². The summed E-state index contributed by atoms with van der Waals surface area (Å²) in [6.07, 6.45) is 0. The molecule has 0 atom stereocenters. The number of aryl methyl sites for hydroxylation is 3. The molecule has 128 valence electrons. The van der Waals surface area contributed by atoms with E-state index in [1.165, 1.54) is 38.3 Å². The molecule has 0 spiro atoms. The Morgan fingerprint density at radius 3 is 2.00 bits per heavy atom. The van der Waals surface area contributed by atoms with Crippen molar-refractivity contribution in [3.63, 3.8) is 0 Å². The Balaban J connectivity index is 1.80. The molecule has 2 heteroatoms. The standard InChI is InChI=1S/C24H21NS/c1-16-8-7-11-22(23(16)20-9-5-4-6-10-20)19-12-14-21(15-13-19)24-17(2)25-18(3)26-24/h4-15H,1-3H3. The number of hydrogen-bond donors (Lipinski definition) is 0. The zero-order valence-electron chi connectivity index (χ0n) is 15.3. The van der Waals surface area contributed by atoms with Gasteiger partial charge >= 0.3 is 0 Å². The zero-order chi connectivity index (χ0) is 18.1. The molecule has 3 aromatic carbocycles. The first-order valence-electron chi connectivity index (χ1n) is 8.83. The molecule has 4 aromatic rings. The van der Waals surface area contributed by atoms with Crippen molar-refractivity contribution in [3.05, 3.63) is 89.1 Å². The Bertz CT molecular complexity index is 1040. The molecule has 1 nitrogen and oxygen atoms in total. The average molecular weight is 356 g/mol. The fourth-order valence-electron chi connectivity index (χ4n) is 3.50. The number of aromatic nitrogens is 1. The van der Waals surface area contributed by atoms with Gasteiger partial charge < -0.3 is 0 Å². The van der Waals surface area contributed by atoms with Crippen LogP contribution in [0.1, 0.15) is 16.3 Å². The van der Waals surface area contributed by atoms with E-state index < -0.39 is 0 Å². The van der Waals surface area contributed by atoms with E-state index in [1.807, 2.05) is 0 Å². The molecule has 4 rings (SSSR count). The molecule has 0 amide bonds. The normalized spacial score (nSPS) is 10.9. The van der Waals surface area contributed by atoms with Crippen LogP contribution in [-0.2, 0) is 0 Å². The third kappa shape index (κ3) is 3.09. The molecule has 0 aliphatic carbocycles. The second kappa shape index (κ2) is 6.89. The number of hydrogen-bond acceptors (Lipinski definition) is 2. The molecule has 0 aliphatic rings. The predicted octanol–water partition coefficient (Wildman–Crippen LogP) is 7.07. The highest BCUT2D eigenvalue weighted by atomic mass is 32.1. The number of rotatable bonds is 3. The summed E-state index contributed by atoms with van der Waals surface area (Å²) in [6.45, 7) is 6.33. The molecule has 0 unspecified atom stereocenters. The SMILES string of the molecule is Cc1nc(C)c(-c2ccc(-c3cccc(C)c3-c3ccccc3)cc2)s1. The van der Waals surface area contributed by atoms with E-state index in [9.17, 15) is 0 Å². The molecule has 26 heavy (non-hydrogen) atoms. The van der Waals surface area contributed by atoms with Crippen LogP contribution >= 0.6 is 11.3 Å². The molecule has 0 fully saturated rings. The molecule has 0 N–H and O–H groups in total. The fraction of sp³-hybridized carbons (Fsp3) is 0.125. The van der Waals surface area contributed by atoms with Gasteiger partial charge in [-0.15, -0.1) is 11.3 Å². The maximum Gasteiger partial charge on any atom is 0.0903 e. The third-order valence-electron chi connectivity index (χ3n) is 4.70. The molecule has 0 saturated heterocycles. The maximum atomic E-state index is 4.55. The van der Waals surface area contributed by atoms with Crippen LogP contribution in [0, 0.1) is 20.8 Å². The van der Waals surface area contributed by atoms with Gasteiger partial charge in [0.1, 0.15) is 0 Å². The summed E-state index contributed by atoms with van der Waals surface area (Å²) in [5, 5.41) is 1.12. The maximum absolute atomic E-state index is 4.55. The first-order chi connectivity index (χ1) is 12.6. The first-order valence-corrected chi connectivity index (χ1v) is 9.65. The summed E-state index contributed by atoms with van der Waals surface area (Å²) >= 11 is 1.76. The quantitative estimate of drug-likeness (QED) is 0.383. The van der Waals surface area contributed by atoms with Gasteiger partial charge in [0.2, 0.25) is 0 Å². The number of thiazole rings is 1. The topological polar surface area (TPSA) is 12.9 Å². The minimum absolute atomic E-state index is 1.11. The van der Waals surface area contributed by atoms with Crippen LogP contribution in [0.2, 0.25) is 0 Å². The third-order valence-corrected chi connectivity index (χ3v) is 5.82. The van der Waals surface area contributed by atoms with E-state index in [4.69, 9.17) is 0 Å². The molecule has 0 saturated carbocycles. The van der Waals surface area contributed by atoms with Crippen molar-refractivity contribution in [2.75, 3.05) is 0 Å². The minimum atomic E-state index is 1.11. The Kier molecular flexibility index (Phi) is 4.44. The predicted molar refractivity (Wildman–Crippen MR) is 113 cm³/mol. The van der Waals surface area contributed by atoms with E-state index in [-0.39, 0.29) is 0 Å². The summed E-state index contributed by atoms with van der Waals surface area (Å²) in [5.41, 5.74) is 8.75. The first kappa shape index (κ1) is 16.7. The Morgan fingerprint density at radius 2 is 1.35 bits per heavy atom. The fourth-order valence-corrected chi connectivity index (χ4v) is 4.42. The van der Waals surface area contributed by atoms with Gasteiger partial charge in [-0.25, -0.2) is 4.98 Å². The van der Waals surface area contributed by atoms with Gasteiger partial charge in [0.15, 0.2) is 0 Å². The van der Waals surface area contributed by atoms with Crippen molar-refractivity contribution >= 4 is 11.3 Å². The van der Waals surface area contributed by atoms with Crippen molar-refractivity contribution in [2.24, 2.45) is 0 Å². The second-order valence-corrected chi connectivity index (χ2v) is 7.79. The highest BCUT2D eigenvalue weighted by molar-refractivity contribution is 7.15. The summed E-state index contributed by atoms with van der Waals surface area (Å²) in [7, 11) is 0. The molecular weight excluding hydrogens is 334 g/mol. The van der Waals surface area contributed by atoms with E-state index in [1.54, 1.807) is 11.3 Å². The van der Waals surface area contributed by atoms with Crippen LogP contribution in [0.4, 0.5) is 0 Å². The van der Waals surface area contributed by atoms with Gasteiger partial charge in [0, 0.05) is 0 Å². The number of benzene rings is 3. The Hall–Kier alpha value is -2.71. The largest absolute Gasteiger partial charge is 0.246 e. The van der Waals surface area contributed by atoms with Gasteiger partial charge in [-0.05, 0) is 54.2 Å². The van der Waals surface area contributed by atoms with Crippen molar-refractivity contribution < 1.29 is 0 Å². The van der Waals surface area contributed by atoms with E-state index in [2.05, 4.69) is 98.6 Å². The summed E-state index contributed by atoms with van der Waals surface area (Å²) in [5.74, 6) is 0. The van der Waals surface area contributed by atoms with Gasteiger partial charge in [0.25, 0.3) is 0 Å². The van der Waals surface area contributed by atoms with E-state index >= 15 is 0 Å². The average Bonchev–Trinajstić information content (AvgIpc) is 3.00. The van der Waals surface area contributed by atoms with Crippen LogP contribution < -0.4 is 0 Å². The highest BCUT2D eigenvalue weighted by Crippen LogP contribution is 2.36. The Morgan fingerprint density at radius 1 is 0.654 bits per heavy atom. The molecule has 1 aromatic heterocycles. The van der Waals surface area contributed by atoms with Crippen LogP contribution in [0.25, 0.3) is 32.7 Å². The highest BCUT2D eigenvalue weighted by Gasteiger charge is 2.11. The molecule has 0 bridgehead atoms. The molecule has 0 aliphatic heterocycles. The van der Waals surface area contributed by atoms with Crippen LogP contribution in [-0.4, -0.2) is 4.98 Å². The van der Waals surface area contributed by atoms with Gasteiger partial charge in [0.05, 0.1) is 15.6 Å². The Labute approximate surface area is 159 Å². The second-order valence-electron chi connectivity index (χ2n) is 6.59. The van der Waals surface area contributed by atoms with Crippen LogP contribution in [0.5, 0.6) is 0 Å². The summed E-state index contributed by atoms with van der Waals surface area (Å²) < 4.78 is 0. The van der Waals surface area contributed by atoms with Gasteiger partial charge in [-0.3, -0.25) is 0 Å². The summed E-state index contributed by atoms with van der Waals surface area (Å²) in [6, 6.07) is 26.1. The molecule has 1 heterocycles. The van der Waals surface area contributed by atoms with Crippen molar-refractivity contribution in [3.8, 4) is 32.7 Å². The van der Waals surface area contributed by atoms with Crippen LogP contribution in [0.3, 0.4) is 0 Å². The monoisotopic (exact) mass is 355 g/mol. The lowest BCUT2D eigenvalue weighted by Crippen LogP contribution is -1.89. The minimum Gasteiger partial charge on any atom is -0.246 e. The zero-order valence-corrected chi connectivity index (χ0v) is 16.1. The summed E-state index contributed by atoms with van der Waals surface area (Å²) in [4.78, 5) is 5.82. The van der Waals surface area contributed by atoms with Crippen molar-refractivity contribution in [1.82, 2.24) is 4.98 Å². The lowest BCUT2D eigenvalue weighted by molar-refractivity contribution is 1.20.